The van der Waals surface area contributed by atoms with Crippen LogP contribution in [0.1, 0.15) is 34.3 Å². The van der Waals surface area contributed by atoms with E-state index >= 15 is 0 Å². The lowest BCUT2D eigenvalue weighted by atomic mass is 10.0. The quantitative estimate of drug-likeness (QED) is 0.290. The van der Waals surface area contributed by atoms with E-state index in [4.69, 9.17) is 20.8 Å². The molecule has 37 heavy (non-hydrogen) atoms. The van der Waals surface area contributed by atoms with Gasteiger partial charge in [0.1, 0.15) is 11.8 Å². The Balaban J connectivity index is 1.67. The van der Waals surface area contributed by atoms with E-state index in [1.807, 2.05) is 67.6 Å². The summed E-state index contributed by atoms with van der Waals surface area (Å²) in [6, 6.07) is 18.7. The number of benzene rings is 2. The van der Waals surface area contributed by atoms with Gasteiger partial charge in [-0.1, -0.05) is 35.9 Å². The molecule has 3 heterocycles. The Bertz CT molecular complexity index is 1530. The van der Waals surface area contributed by atoms with E-state index in [1.54, 1.807) is 18.1 Å². The van der Waals surface area contributed by atoms with Crippen molar-refractivity contribution in [3.8, 4) is 0 Å². The number of hydrogen-bond donors (Lipinski definition) is 1. The van der Waals surface area contributed by atoms with Gasteiger partial charge in [0.05, 0.1) is 26.0 Å². The third kappa shape index (κ3) is 5.64. The van der Waals surface area contributed by atoms with Crippen LogP contribution < -0.4 is 5.56 Å². The first kappa shape index (κ1) is 24.9. The van der Waals surface area contributed by atoms with Crippen LogP contribution in [0.25, 0.3) is 10.9 Å². The number of pyridine rings is 1. The minimum Gasteiger partial charge on any atom is -0.468 e. The monoisotopic (exact) mass is 518 g/mol. The summed E-state index contributed by atoms with van der Waals surface area (Å²) in [5, 5.41) is 14.1. The molecule has 0 fully saturated rings. The van der Waals surface area contributed by atoms with Gasteiger partial charge in [0.2, 0.25) is 0 Å². The first-order chi connectivity index (χ1) is 18.0. The lowest BCUT2D eigenvalue weighted by Gasteiger charge is -2.30. The first-order valence-electron chi connectivity index (χ1n) is 11.9. The summed E-state index contributed by atoms with van der Waals surface area (Å²) in [6.07, 6.45) is 1.64. The molecular weight excluding hydrogens is 492 g/mol. The van der Waals surface area contributed by atoms with E-state index in [2.05, 4.69) is 25.4 Å². The molecule has 0 saturated heterocycles. The van der Waals surface area contributed by atoms with Crippen molar-refractivity contribution in [2.75, 3.05) is 13.7 Å². The van der Waals surface area contributed by atoms with Gasteiger partial charge in [-0.25, -0.2) is 4.68 Å². The molecule has 0 spiro atoms. The summed E-state index contributed by atoms with van der Waals surface area (Å²) in [5.41, 5.74) is 3.19. The summed E-state index contributed by atoms with van der Waals surface area (Å²) in [4.78, 5) is 18.8. The topological polar surface area (TPSA) is 102 Å². The minimum atomic E-state index is -0.581. The Morgan fingerprint density at radius 2 is 1.97 bits per heavy atom. The molecule has 0 aliphatic rings. The van der Waals surface area contributed by atoms with Gasteiger partial charge in [0.15, 0.2) is 5.82 Å². The average molecular weight is 519 g/mol. The van der Waals surface area contributed by atoms with Crippen LogP contribution in [0.3, 0.4) is 0 Å². The molecule has 0 saturated carbocycles. The predicted octanol–water partition coefficient (Wildman–Crippen LogP) is 4.51. The fraction of sp³-hybridized carbons (Fsp3) is 0.259. The Labute approximate surface area is 218 Å². The second kappa shape index (κ2) is 11.1. The maximum absolute atomic E-state index is 13.6. The van der Waals surface area contributed by atoms with Crippen molar-refractivity contribution in [1.29, 1.82) is 0 Å². The van der Waals surface area contributed by atoms with Crippen molar-refractivity contribution >= 4 is 22.5 Å². The average Bonchev–Trinajstić information content (AvgIpc) is 3.57. The van der Waals surface area contributed by atoms with Gasteiger partial charge in [-0.3, -0.25) is 9.69 Å². The molecule has 0 bridgehead atoms. The number of halogens is 1. The molecule has 0 amide bonds. The van der Waals surface area contributed by atoms with Crippen LogP contribution in [-0.2, 0) is 24.4 Å². The van der Waals surface area contributed by atoms with Crippen molar-refractivity contribution in [2.45, 2.75) is 32.6 Å². The molecule has 1 N–H and O–H groups in total. The zero-order valence-corrected chi connectivity index (χ0v) is 21.4. The van der Waals surface area contributed by atoms with Gasteiger partial charge in [-0.15, -0.1) is 5.10 Å². The van der Waals surface area contributed by atoms with Gasteiger partial charge in [-0.2, -0.15) is 0 Å². The van der Waals surface area contributed by atoms with Crippen molar-refractivity contribution in [1.82, 2.24) is 30.1 Å². The number of methoxy groups -OCH3 is 1. The fourth-order valence-corrected chi connectivity index (χ4v) is 4.57. The van der Waals surface area contributed by atoms with E-state index in [0.29, 0.717) is 42.7 Å². The lowest BCUT2D eigenvalue weighted by molar-refractivity contribution is 0.163. The number of aromatic nitrogens is 5. The number of nitrogens with one attached hydrogen (secondary N) is 1. The summed E-state index contributed by atoms with van der Waals surface area (Å²) < 4.78 is 12.7. The van der Waals surface area contributed by atoms with Crippen LogP contribution in [0, 0.1) is 6.92 Å². The molecule has 1 unspecified atom stereocenters. The van der Waals surface area contributed by atoms with Crippen molar-refractivity contribution in [2.24, 2.45) is 0 Å². The number of tetrazole rings is 1. The highest BCUT2D eigenvalue weighted by molar-refractivity contribution is 6.30. The molecule has 5 rings (SSSR count). The number of nitrogens with zero attached hydrogens (tertiary/aromatic N) is 5. The van der Waals surface area contributed by atoms with Gasteiger partial charge in [-0.05, 0) is 70.3 Å². The summed E-state index contributed by atoms with van der Waals surface area (Å²) >= 11 is 6.14. The largest absolute Gasteiger partial charge is 0.468 e. The number of ether oxygens (including phenoxy) is 1. The van der Waals surface area contributed by atoms with Crippen LogP contribution in [0.5, 0.6) is 0 Å². The van der Waals surface area contributed by atoms with E-state index in [1.165, 1.54) is 0 Å². The first-order valence-corrected chi connectivity index (χ1v) is 12.3. The molecule has 10 heteroatoms. The molecule has 2 aromatic carbocycles. The number of H-pyrrole nitrogens is 1. The molecule has 1 atom stereocenters. The lowest BCUT2D eigenvalue weighted by Crippen LogP contribution is -2.35. The number of aromatic amines is 1. The van der Waals surface area contributed by atoms with Crippen LogP contribution in [0.4, 0.5) is 0 Å². The molecular formula is C27H27ClN6O3. The molecule has 0 aliphatic carbocycles. The zero-order chi connectivity index (χ0) is 25.8. The van der Waals surface area contributed by atoms with Gasteiger partial charge in [0, 0.05) is 29.8 Å². The smallest absolute Gasteiger partial charge is 0.253 e. The third-order valence-electron chi connectivity index (χ3n) is 6.24. The van der Waals surface area contributed by atoms with E-state index in [-0.39, 0.29) is 5.56 Å². The normalized spacial score (nSPS) is 12.4. The molecule has 190 valence electrons. The Morgan fingerprint density at radius 3 is 2.73 bits per heavy atom. The number of furan rings is 1. The Kier molecular flexibility index (Phi) is 7.45. The van der Waals surface area contributed by atoms with Crippen LogP contribution in [0.2, 0.25) is 5.02 Å². The summed E-state index contributed by atoms with van der Waals surface area (Å²) in [5.74, 6) is 1.29. The number of fused-ring (bicyclic) bond motifs is 1. The van der Waals surface area contributed by atoms with Gasteiger partial charge < -0.3 is 14.1 Å². The molecule has 0 radical (unpaired) electrons. The van der Waals surface area contributed by atoms with Crippen molar-refractivity contribution < 1.29 is 9.15 Å². The number of aryl methyl sites for hydroxylation is 1. The fourth-order valence-electron chi connectivity index (χ4n) is 4.44. The third-order valence-corrected chi connectivity index (χ3v) is 6.49. The van der Waals surface area contributed by atoms with E-state index in [0.717, 1.165) is 27.8 Å². The minimum absolute atomic E-state index is 0.204. The van der Waals surface area contributed by atoms with Crippen LogP contribution >= 0.6 is 11.6 Å². The second-order valence-electron chi connectivity index (χ2n) is 8.91. The van der Waals surface area contributed by atoms with Gasteiger partial charge in [0.25, 0.3) is 5.56 Å². The predicted molar refractivity (Wildman–Crippen MR) is 140 cm³/mol. The highest BCUT2D eigenvalue weighted by Crippen LogP contribution is 2.30. The summed E-state index contributed by atoms with van der Waals surface area (Å²) in [7, 11) is 1.63. The number of hydrogen-bond acceptors (Lipinski definition) is 7. The second-order valence-corrected chi connectivity index (χ2v) is 9.35. The van der Waals surface area contributed by atoms with Crippen LogP contribution in [0.15, 0.2) is 76.1 Å². The SMILES string of the molecule is COCCn1nnnc1C(c1cc2ccc(C)cc2[nH]c1=O)N(Cc1ccc(Cl)cc1)Cc1ccco1. The molecule has 9 nitrogen and oxygen atoms in total. The van der Waals surface area contributed by atoms with Crippen molar-refractivity contribution in [3.63, 3.8) is 0 Å². The zero-order valence-electron chi connectivity index (χ0n) is 20.6. The highest BCUT2D eigenvalue weighted by atomic mass is 35.5. The highest BCUT2D eigenvalue weighted by Gasteiger charge is 2.31. The van der Waals surface area contributed by atoms with E-state index < -0.39 is 6.04 Å². The number of rotatable bonds is 10. The maximum atomic E-state index is 13.6. The summed E-state index contributed by atoms with van der Waals surface area (Å²) in [6.45, 7) is 3.77. The molecule has 3 aromatic heterocycles. The standard InChI is InChI=1S/C27H27ClN6O3/c1-18-5-8-20-15-23(27(35)29-24(20)14-18)25(26-30-31-32-34(26)11-13-36-2)33(17-22-4-3-12-37-22)16-19-6-9-21(28)10-7-19/h3-10,12,14-15,25H,11,13,16-17H2,1-2H3,(H,29,35). The Morgan fingerprint density at radius 1 is 1.14 bits per heavy atom. The molecule has 0 aliphatic heterocycles. The Hall–Kier alpha value is -3.79. The van der Waals surface area contributed by atoms with Crippen LogP contribution in [-0.4, -0.2) is 43.8 Å². The van der Waals surface area contributed by atoms with Crippen molar-refractivity contribution in [3.05, 3.63) is 111 Å². The van der Waals surface area contributed by atoms with Gasteiger partial charge >= 0.3 is 0 Å². The van der Waals surface area contributed by atoms with E-state index in [9.17, 15) is 4.79 Å². The molecule has 5 aromatic rings. The maximum Gasteiger partial charge on any atom is 0.253 e.